The number of carbonyl (C=O) groups excluding carboxylic acids is 1. The molecule has 0 fully saturated rings. The van der Waals surface area contributed by atoms with Crippen LogP contribution < -0.4 is 4.74 Å². The monoisotopic (exact) mass is 310 g/mol. The molecule has 0 saturated heterocycles. The largest absolute Gasteiger partial charge is 0.492 e. The van der Waals surface area contributed by atoms with Crippen LogP contribution in [0, 0.1) is 0 Å². The van der Waals surface area contributed by atoms with Crippen LogP contribution in [0.1, 0.15) is 17.3 Å². The van der Waals surface area contributed by atoms with E-state index in [0.717, 1.165) is 0 Å². The standard InChI is InChI=1S/C14H14O4S2/c1-11(15)12-5-2-3-6-13(12)18-8-10-20(16,17)14-7-4-9-19-14/h2-7,9H,8,10H2,1H3. The van der Waals surface area contributed by atoms with E-state index in [9.17, 15) is 13.2 Å². The highest BCUT2D eigenvalue weighted by Crippen LogP contribution is 2.20. The molecule has 4 nitrogen and oxygen atoms in total. The van der Waals surface area contributed by atoms with Crippen molar-refractivity contribution in [3.8, 4) is 5.75 Å². The number of hydrogen-bond donors (Lipinski definition) is 0. The molecule has 0 amide bonds. The van der Waals surface area contributed by atoms with Crippen LogP contribution in [0.3, 0.4) is 0 Å². The third-order valence-electron chi connectivity index (χ3n) is 2.68. The Bertz CT molecular complexity index is 688. The number of carbonyl (C=O) groups is 1. The zero-order valence-corrected chi connectivity index (χ0v) is 12.5. The van der Waals surface area contributed by atoms with Crippen LogP contribution in [0.2, 0.25) is 0 Å². The van der Waals surface area contributed by atoms with E-state index in [2.05, 4.69) is 0 Å². The number of thiophene rings is 1. The number of Topliss-reactive ketones (excluding diaryl/α,β-unsaturated/α-hetero) is 1. The Labute approximate surface area is 121 Å². The lowest BCUT2D eigenvalue weighted by Gasteiger charge is -2.09. The minimum absolute atomic E-state index is 0.0184. The van der Waals surface area contributed by atoms with Gasteiger partial charge in [-0.3, -0.25) is 4.79 Å². The molecule has 0 radical (unpaired) electrons. The van der Waals surface area contributed by atoms with E-state index >= 15 is 0 Å². The van der Waals surface area contributed by atoms with Gasteiger partial charge < -0.3 is 4.74 Å². The maximum Gasteiger partial charge on any atom is 0.191 e. The van der Waals surface area contributed by atoms with Crippen molar-refractivity contribution in [3.05, 3.63) is 47.3 Å². The average molecular weight is 310 g/mol. The first kappa shape index (κ1) is 14.7. The number of benzene rings is 1. The maximum atomic E-state index is 12.0. The maximum absolute atomic E-state index is 12.0. The van der Waals surface area contributed by atoms with Crippen molar-refractivity contribution >= 4 is 27.0 Å². The molecule has 0 aliphatic heterocycles. The van der Waals surface area contributed by atoms with E-state index in [4.69, 9.17) is 4.74 Å². The van der Waals surface area contributed by atoms with E-state index in [1.807, 2.05) is 0 Å². The summed E-state index contributed by atoms with van der Waals surface area (Å²) in [5.41, 5.74) is 0.459. The van der Waals surface area contributed by atoms with Gasteiger partial charge in [0.25, 0.3) is 0 Å². The van der Waals surface area contributed by atoms with Gasteiger partial charge in [-0.15, -0.1) is 11.3 Å². The summed E-state index contributed by atoms with van der Waals surface area (Å²) in [5.74, 6) is 0.197. The molecule has 0 aliphatic carbocycles. The van der Waals surface area contributed by atoms with Crippen molar-refractivity contribution < 1.29 is 17.9 Å². The third-order valence-corrected chi connectivity index (χ3v) is 5.84. The van der Waals surface area contributed by atoms with Crippen molar-refractivity contribution in [3.63, 3.8) is 0 Å². The molecule has 2 aromatic rings. The van der Waals surface area contributed by atoms with Gasteiger partial charge in [0, 0.05) is 0 Å². The molecular weight excluding hydrogens is 296 g/mol. The summed E-state index contributed by atoms with van der Waals surface area (Å²) in [5, 5.41) is 1.72. The van der Waals surface area contributed by atoms with E-state index in [0.29, 0.717) is 15.5 Å². The summed E-state index contributed by atoms with van der Waals surface area (Å²) in [6, 6.07) is 10.1. The molecule has 1 heterocycles. The highest BCUT2D eigenvalue weighted by Gasteiger charge is 2.16. The summed E-state index contributed by atoms with van der Waals surface area (Å²) in [7, 11) is -3.31. The first-order chi connectivity index (χ1) is 9.50. The first-order valence-electron chi connectivity index (χ1n) is 6.00. The van der Waals surface area contributed by atoms with Crippen LogP contribution in [-0.2, 0) is 9.84 Å². The number of rotatable bonds is 6. The van der Waals surface area contributed by atoms with Crippen molar-refractivity contribution in [2.75, 3.05) is 12.4 Å². The van der Waals surface area contributed by atoms with Gasteiger partial charge in [-0.25, -0.2) is 8.42 Å². The summed E-state index contributed by atoms with van der Waals surface area (Å²) in [6.45, 7) is 1.47. The Morgan fingerprint density at radius 1 is 1.20 bits per heavy atom. The molecular formula is C14H14O4S2. The topological polar surface area (TPSA) is 60.4 Å². The Balaban J connectivity index is 2.02. The minimum Gasteiger partial charge on any atom is -0.492 e. The molecule has 20 heavy (non-hydrogen) atoms. The van der Waals surface area contributed by atoms with E-state index in [-0.39, 0.29) is 18.1 Å². The molecule has 0 saturated carbocycles. The Morgan fingerprint density at radius 3 is 2.60 bits per heavy atom. The van der Waals surface area contributed by atoms with Crippen molar-refractivity contribution in [1.29, 1.82) is 0 Å². The smallest absolute Gasteiger partial charge is 0.191 e. The number of sulfone groups is 1. The Kier molecular flexibility index (Phi) is 4.57. The second-order valence-electron chi connectivity index (χ2n) is 4.15. The van der Waals surface area contributed by atoms with Gasteiger partial charge in [-0.2, -0.15) is 0 Å². The molecule has 1 aromatic heterocycles. The fourth-order valence-electron chi connectivity index (χ4n) is 1.69. The van der Waals surface area contributed by atoms with Gasteiger partial charge in [0.2, 0.25) is 0 Å². The van der Waals surface area contributed by atoms with E-state index < -0.39 is 9.84 Å². The van der Waals surface area contributed by atoms with Gasteiger partial charge in [0.1, 0.15) is 16.6 Å². The highest BCUT2D eigenvalue weighted by atomic mass is 32.2. The van der Waals surface area contributed by atoms with Gasteiger partial charge in [-0.05, 0) is 30.5 Å². The van der Waals surface area contributed by atoms with E-state index in [1.165, 1.54) is 18.3 Å². The van der Waals surface area contributed by atoms with Crippen molar-refractivity contribution in [2.24, 2.45) is 0 Å². The normalized spacial score (nSPS) is 11.2. The van der Waals surface area contributed by atoms with Crippen LogP contribution in [0.5, 0.6) is 5.75 Å². The fraction of sp³-hybridized carbons (Fsp3) is 0.214. The zero-order chi connectivity index (χ0) is 14.6. The lowest BCUT2D eigenvalue weighted by atomic mass is 10.1. The van der Waals surface area contributed by atoms with Crippen LogP contribution in [-0.4, -0.2) is 26.6 Å². The van der Waals surface area contributed by atoms with Crippen LogP contribution in [0.4, 0.5) is 0 Å². The molecule has 0 atom stereocenters. The van der Waals surface area contributed by atoms with Crippen LogP contribution >= 0.6 is 11.3 Å². The molecule has 2 rings (SSSR count). The SMILES string of the molecule is CC(=O)c1ccccc1OCCS(=O)(=O)c1cccs1. The number of para-hydroxylation sites is 1. The van der Waals surface area contributed by atoms with Crippen LogP contribution in [0.15, 0.2) is 46.0 Å². The molecule has 0 aliphatic rings. The van der Waals surface area contributed by atoms with Gasteiger partial charge >= 0.3 is 0 Å². The highest BCUT2D eigenvalue weighted by molar-refractivity contribution is 7.93. The molecule has 0 bridgehead atoms. The quantitative estimate of drug-likeness (QED) is 0.770. The number of hydrogen-bond acceptors (Lipinski definition) is 5. The summed E-state index contributed by atoms with van der Waals surface area (Å²) in [6.07, 6.45) is 0. The number of ether oxygens (including phenoxy) is 1. The predicted molar refractivity (Wildman–Crippen MR) is 78.3 cm³/mol. The van der Waals surface area contributed by atoms with Crippen LogP contribution in [0.25, 0.3) is 0 Å². The molecule has 0 N–H and O–H groups in total. The minimum atomic E-state index is -3.31. The lowest BCUT2D eigenvalue weighted by molar-refractivity contribution is 0.101. The fourth-order valence-corrected chi connectivity index (χ4v) is 3.93. The van der Waals surface area contributed by atoms with Gasteiger partial charge in [-0.1, -0.05) is 18.2 Å². The summed E-state index contributed by atoms with van der Waals surface area (Å²) in [4.78, 5) is 11.4. The van der Waals surface area contributed by atoms with Crippen molar-refractivity contribution in [1.82, 2.24) is 0 Å². The first-order valence-corrected chi connectivity index (χ1v) is 8.53. The van der Waals surface area contributed by atoms with E-state index in [1.54, 1.807) is 41.8 Å². The lowest BCUT2D eigenvalue weighted by Crippen LogP contribution is -2.14. The molecule has 6 heteroatoms. The molecule has 0 spiro atoms. The zero-order valence-electron chi connectivity index (χ0n) is 10.9. The Hall–Kier alpha value is -1.66. The molecule has 1 aromatic carbocycles. The Morgan fingerprint density at radius 2 is 1.95 bits per heavy atom. The predicted octanol–water partition coefficient (Wildman–Crippen LogP) is 2.80. The second kappa shape index (κ2) is 6.19. The third kappa shape index (κ3) is 3.46. The molecule has 0 unspecified atom stereocenters. The number of ketones is 1. The van der Waals surface area contributed by atoms with Gasteiger partial charge in [0.05, 0.1) is 11.3 Å². The average Bonchev–Trinajstić information content (AvgIpc) is 2.93. The van der Waals surface area contributed by atoms with Crippen molar-refractivity contribution in [2.45, 2.75) is 11.1 Å². The second-order valence-corrected chi connectivity index (χ2v) is 7.44. The summed E-state index contributed by atoms with van der Waals surface area (Å²) < 4.78 is 29.7. The van der Waals surface area contributed by atoms with Gasteiger partial charge in [0.15, 0.2) is 15.6 Å². The molecule has 106 valence electrons. The summed E-state index contributed by atoms with van der Waals surface area (Å²) >= 11 is 1.19.